The highest BCUT2D eigenvalue weighted by Gasteiger charge is 2.47. The van der Waals surface area contributed by atoms with Gasteiger partial charge < -0.3 is 5.11 Å². The van der Waals surface area contributed by atoms with Crippen LogP contribution in [0.3, 0.4) is 0 Å². The molecule has 2 unspecified atom stereocenters. The van der Waals surface area contributed by atoms with Gasteiger partial charge in [0.05, 0.1) is 6.07 Å². The lowest BCUT2D eigenvalue weighted by Crippen LogP contribution is -2.31. The minimum Gasteiger partial charge on any atom is -0.480 e. The van der Waals surface area contributed by atoms with Gasteiger partial charge in [-0.25, -0.2) is 0 Å². The molecule has 0 radical (unpaired) electrons. The number of nitrogens with zero attached hydrogens (tertiary/aromatic N) is 1. The fraction of sp³-hybridized carbons (Fsp3) is 0.750. The summed E-state index contributed by atoms with van der Waals surface area (Å²) in [6, 6.07) is 1.93. The molecular formula is C8H11NO2. The minimum atomic E-state index is -1.08. The van der Waals surface area contributed by atoms with E-state index in [2.05, 4.69) is 0 Å². The van der Waals surface area contributed by atoms with Gasteiger partial charge in [0, 0.05) is 0 Å². The molecular weight excluding hydrogens is 142 g/mol. The Hall–Kier alpha value is -1.04. The van der Waals surface area contributed by atoms with Crippen LogP contribution in [0.2, 0.25) is 0 Å². The molecule has 3 nitrogen and oxygen atoms in total. The van der Waals surface area contributed by atoms with Crippen LogP contribution in [0.15, 0.2) is 0 Å². The Bertz CT molecular complexity index is 219. The van der Waals surface area contributed by atoms with Crippen LogP contribution in [0, 0.1) is 22.7 Å². The standard InChI is InChI=1S/C8H11NO2/c1-6-3-2-4-8(6,5-9)7(10)11/h6H,2-4H2,1H3,(H,10,11). The van der Waals surface area contributed by atoms with E-state index in [1.807, 2.05) is 13.0 Å². The maximum Gasteiger partial charge on any atom is 0.324 e. The normalized spacial score (nSPS) is 36.5. The van der Waals surface area contributed by atoms with E-state index in [-0.39, 0.29) is 5.92 Å². The molecule has 60 valence electrons. The molecule has 0 bridgehead atoms. The molecule has 1 aliphatic carbocycles. The first-order chi connectivity index (χ1) is 5.13. The van der Waals surface area contributed by atoms with Crippen LogP contribution >= 0.6 is 0 Å². The summed E-state index contributed by atoms with van der Waals surface area (Å²) in [5.41, 5.74) is -1.08. The van der Waals surface area contributed by atoms with Crippen LogP contribution in [0.4, 0.5) is 0 Å². The summed E-state index contributed by atoms with van der Waals surface area (Å²) in [7, 11) is 0. The number of carboxylic acid groups (broad SMARTS) is 1. The van der Waals surface area contributed by atoms with Crippen molar-refractivity contribution in [1.82, 2.24) is 0 Å². The Labute approximate surface area is 65.6 Å². The highest BCUT2D eigenvalue weighted by atomic mass is 16.4. The molecule has 1 saturated carbocycles. The molecule has 0 aromatic carbocycles. The third-order valence-corrected chi connectivity index (χ3v) is 2.63. The Morgan fingerprint density at radius 3 is 2.64 bits per heavy atom. The van der Waals surface area contributed by atoms with E-state index in [1.54, 1.807) is 0 Å². The van der Waals surface area contributed by atoms with Gasteiger partial charge in [-0.05, 0) is 18.8 Å². The Kier molecular flexibility index (Phi) is 1.86. The SMILES string of the molecule is CC1CCCC1(C#N)C(=O)O. The zero-order chi connectivity index (χ0) is 8.48. The van der Waals surface area contributed by atoms with Crippen molar-refractivity contribution in [2.75, 3.05) is 0 Å². The van der Waals surface area contributed by atoms with Crippen molar-refractivity contribution in [3.63, 3.8) is 0 Å². The largest absolute Gasteiger partial charge is 0.480 e. The summed E-state index contributed by atoms with van der Waals surface area (Å²) in [6.45, 7) is 1.84. The third-order valence-electron chi connectivity index (χ3n) is 2.63. The molecule has 3 heteroatoms. The fourth-order valence-electron chi connectivity index (χ4n) is 1.71. The molecule has 0 saturated heterocycles. The average Bonchev–Trinajstić information content (AvgIpc) is 2.32. The number of nitriles is 1. The maximum absolute atomic E-state index is 10.7. The zero-order valence-corrected chi connectivity index (χ0v) is 6.50. The van der Waals surface area contributed by atoms with Gasteiger partial charge in [0.15, 0.2) is 5.41 Å². The van der Waals surface area contributed by atoms with E-state index in [1.165, 1.54) is 0 Å². The van der Waals surface area contributed by atoms with Crippen molar-refractivity contribution >= 4 is 5.97 Å². The van der Waals surface area contributed by atoms with Crippen molar-refractivity contribution < 1.29 is 9.90 Å². The summed E-state index contributed by atoms with van der Waals surface area (Å²) in [5, 5.41) is 17.5. The quantitative estimate of drug-likeness (QED) is 0.619. The summed E-state index contributed by atoms with van der Waals surface area (Å²) in [4.78, 5) is 10.7. The van der Waals surface area contributed by atoms with Crippen LogP contribution < -0.4 is 0 Å². The van der Waals surface area contributed by atoms with Crippen LogP contribution in [0.5, 0.6) is 0 Å². The lowest BCUT2D eigenvalue weighted by Gasteiger charge is -2.19. The fourth-order valence-corrected chi connectivity index (χ4v) is 1.71. The topological polar surface area (TPSA) is 61.1 Å². The first-order valence-electron chi connectivity index (χ1n) is 3.78. The van der Waals surface area contributed by atoms with Gasteiger partial charge in [0.2, 0.25) is 0 Å². The number of hydrogen-bond acceptors (Lipinski definition) is 2. The van der Waals surface area contributed by atoms with E-state index >= 15 is 0 Å². The van der Waals surface area contributed by atoms with Crippen molar-refractivity contribution in [2.45, 2.75) is 26.2 Å². The van der Waals surface area contributed by atoms with Gasteiger partial charge in [0.1, 0.15) is 0 Å². The van der Waals surface area contributed by atoms with Crippen molar-refractivity contribution in [3.8, 4) is 6.07 Å². The Morgan fingerprint density at radius 2 is 2.45 bits per heavy atom. The predicted octanol–water partition coefficient (Wildman–Crippen LogP) is 1.40. The Balaban J connectivity index is 2.93. The van der Waals surface area contributed by atoms with Crippen LogP contribution in [0.25, 0.3) is 0 Å². The van der Waals surface area contributed by atoms with Gasteiger partial charge in [-0.2, -0.15) is 5.26 Å². The molecule has 1 fully saturated rings. The van der Waals surface area contributed by atoms with E-state index in [0.29, 0.717) is 6.42 Å². The molecule has 0 aromatic rings. The van der Waals surface area contributed by atoms with Crippen LogP contribution in [-0.2, 0) is 4.79 Å². The van der Waals surface area contributed by atoms with E-state index in [4.69, 9.17) is 10.4 Å². The molecule has 0 aliphatic heterocycles. The third kappa shape index (κ3) is 0.988. The summed E-state index contributed by atoms with van der Waals surface area (Å²) < 4.78 is 0. The van der Waals surface area contributed by atoms with Crippen molar-refractivity contribution in [1.29, 1.82) is 5.26 Å². The molecule has 0 aromatic heterocycles. The number of carbonyl (C=O) groups is 1. The van der Waals surface area contributed by atoms with Gasteiger partial charge in [0.25, 0.3) is 0 Å². The molecule has 1 aliphatic rings. The number of aliphatic carboxylic acids is 1. The van der Waals surface area contributed by atoms with Gasteiger partial charge in [-0.15, -0.1) is 0 Å². The summed E-state index contributed by atoms with van der Waals surface area (Å²) in [5.74, 6) is -0.949. The monoisotopic (exact) mass is 153 g/mol. The molecule has 1 rings (SSSR count). The van der Waals surface area contributed by atoms with Crippen LogP contribution in [-0.4, -0.2) is 11.1 Å². The van der Waals surface area contributed by atoms with Gasteiger partial charge >= 0.3 is 5.97 Å². The van der Waals surface area contributed by atoms with Gasteiger partial charge in [-0.3, -0.25) is 4.79 Å². The number of hydrogen-bond donors (Lipinski definition) is 1. The number of rotatable bonds is 1. The second kappa shape index (κ2) is 2.54. The summed E-state index contributed by atoms with van der Waals surface area (Å²) in [6.07, 6.45) is 2.24. The Morgan fingerprint density at radius 1 is 1.82 bits per heavy atom. The number of carboxylic acids is 1. The van der Waals surface area contributed by atoms with Gasteiger partial charge in [-0.1, -0.05) is 13.3 Å². The van der Waals surface area contributed by atoms with Crippen LogP contribution in [0.1, 0.15) is 26.2 Å². The second-order valence-electron chi connectivity index (χ2n) is 3.18. The molecule has 1 N–H and O–H groups in total. The smallest absolute Gasteiger partial charge is 0.324 e. The predicted molar refractivity (Wildman–Crippen MR) is 38.7 cm³/mol. The summed E-state index contributed by atoms with van der Waals surface area (Å²) >= 11 is 0. The maximum atomic E-state index is 10.7. The molecule has 11 heavy (non-hydrogen) atoms. The van der Waals surface area contributed by atoms with Crippen molar-refractivity contribution in [3.05, 3.63) is 0 Å². The molecule has 2 atom stereocenters. The van der Waals surface area contributed by atoms with E-state index in [9.17, 15) is 4.79 Å². The van der Waals surface area contributed by atoms with E-state index in [0.717, 1.165) is 12.8 Å². The van der Waals surface area contributed by atoms with Crippen molar-refractivity contribution in [2.24, 2.45) is 11.3 Å². The molecule has 0 heterocycles. The highest BCUT2D eigenvalue weighted by Crippen LogP contribution is 2.42. The molecule has 0 amide bonds. The zero-order valence-electron chi connectivity index (χ0n) is 6.50. The lowest BCUT2D eigenvalue weighted by molar-refractivity contribution is -0.147. The minimum absolute atomic E-state index is 0.00463. The first-order valence-corrected chi connectivity index (χ1v) is 3.78. The average molecular weight is 153 g/mol. The van der Waals surface area contributed by atoms with E-state index < -0.39 is 11.4 Å². The highest BCUT2D eigenvalue weighted by molar-refractivity contribution is 5.78. The molecule has 0 spiro atoms. The second-order valence-corrected chi connectivity index (χ2v) is 3.18. The first kappa shape index (κ1) is 8.06. The lowest BCUT2D eigenvalue weighted by atomic mass is 9.80.